The molecule has 1 saturated carbocycles. The maximum Gasteiger partial charge on any atom is 0.161 e. The van der Waals surface area contributed by atoms with Crippen LogP contribution in [0.15, 0.2) is 24.3 Å². The number of benzene rings is 1. The number of ether oxygens (including phenoxy) is 2. The summed E-state index contributed by atoms with van der Waals surface area (Å²) in [5, 5.41) is 3.61. The van der Waals surface area contributed by atoms with E-state index in [4.69, 9.17) is 9.47 Å². The Morgan fingerprint density at radius 3 is 2.53 bits per heavy atom. The Labute approximate surface area is 116 Å². The SMILES string of the molecule is COc1ccccc1OC(C)CNC1CCCCC1. The third-order valence-electron chi connectivity index (χ3n) is 3.70. The molecule has 0 saturated heterocycles. The summed E-state index contributed by atoms with van der Waals surface area (Å²) in [4.78, 5) is 0. The largest absolute Gasteiger partial charge is 0.493 e. The molecule has 0 radical (unpaired) electrons. The smallest absolute Gasteiger partial charge is 0.161 e. The molecule has 2 rings (SSSR count). The van der Waals surface area contributed by atoms with Gasteiger partial charge in [-0.3, -0.25) is 0 Å². The highest BCUT2D eigenvalue weighted by Gasteiger charge is 2.14. The quantitative estimate of drug-likeness (QED) is 0.853. The lowest BCUT2D eigenvalue weighted by atomic mass is 9.95. The van der Waals surface area contributed by atoms with Gasteiger partial charge in [0.05, 0.1) is 7.11 Å². The Morgan fingerprint density at radius 1 is 1.16 bits per heavy atom. The molecule has 1 aromatic carbocycles. The van der Waals surface area contributed by atoms with Crippen molar-refractivity contribution in [3.8, 4) is 11.5 Å². The number of para-hydroxylation sites is 2. The minimum absolute atomic E-state index is 0.151. The fourth-order valence-corrected chi connectivity index (χ4v) is 2.61. The summed E-state index contributed by atoms with van der Waals surface area (Å²) in [6, 6.07) is 8.49. The summed E-state index contributed by atoms with van der Waals surface area (Å²) in [5.41, 5.74) is 0. The second-order valence-electron chi connectivity index (χ2n) is 5.32. The van der Waals surface area contributed by atoms with E-state index in [0.29, 0.717) is 6.04 Å². The van der Waals surface area contributed by atoms with Gasteiger partial charge in [-0.1, -0.05) is 31.4 Å². The van der Waals surface area contributed by atoms with Gasteiger partial charge in [-0.15, -0.1) is 0 Å². The van der Waals surface area contributed by atoms with Crippen molar-refractivity contribution in [3.63, 3.8) is 0 Å². The topological polar surface area (TPSA) is 30.5 Å². The number of hydrogen-bond donors (Lipinski definition) is 1. The van der Waals surface area contributed by atoms with Crippen LogP contribution >= 0.6 is 0 Å². The highest BCUT2D eigenvalue weighted by Crippen LogP contribution is 2.26. The summed E-state index contributed by atoms with van der Waals surface area (Å²) in [5.74, 6) is 1.62. The van der Waals surface area contributed by atoms with E-state index in [1.165, 1.54) is 32.1 Å². The lowest BCUT2D eigenvalue weighted by molar-refractivity contribution is 0.197. The molecule has 1 fully saturated rings. The van der Waals surface area contributed by atoms with Crippen molar-refractivity contribution in [2.75, 3.05) is 13.7 Å². The van der Waals surface area contributed by atoms with Crippen LogP contribution < -0.4 is 14.8 Å². The molecule has 0 aromatic heterocycles. The predicted octanol–water partition coefficient (Wildman–Crippen LogP) is 3.38. The van der Waals surface area contributed by atoms with Gasteiger partial charge in [0.2, 0.25) is 0 Å². The van der Waals surface area contributed by atoms with Gasteiger partial charge in [0.1, 0.15) is 6.10 Å². The van der Waals surface area contributed by atoms with Crippen LogP contribution in [0.4, 0.5) is 0 Å². The Hall–Kier alpha value is -1.22. The van der Waals surface area contributed by atoms with Crippen molar-refractivity contribution in [2.24, 2.45) is 0 Å². The van der Waals surface area contributed by atoms with Crippen LogP contribution in [0.1, 0.15) is 39.0 Å². The number of rotatable bonds is 6. The van der Waals surface area contributed by atoms with E-state index < -0.39 is 0 Å². The zero-order chi connectivity index (χ0) is 13.5. The van der Waals surface area contributed by atoms with Crippen molar-refractivity contribution in [3.05, 3.63) is 24.3 Å². The third-order valence-corrected chi connectivity index (χ3v) is 3.70. The van der Waals surface area contributed by atoms with Gasteiger partial charge in [-0.2, -0.15) is 0 Å². The van der Waals surface area contributed by atoms with Gasteiger partial charge >= 0.3 is 0 Å². The summed E-state index contributed by atoms with van der Waals surface area (Å²) in [6.45, 7) is 2.99. The Bertz CT molecular complexity index is 375. The molecule has 106 valence electrons. The first kappa shape index (κ1) is 14.2. The van der Waals surface area contributed by atoms with Crippen LogP contribution in [-0.2, 0) is 0 Å². The molecule has 0 amide bonds. The van der Waals surface area contributed by atoms with Crippen LogP contribution in [-0.4, -0.2) is 25.8 Å². The van der Waals surface area contributed by atoms with Crippen molar-refractivity contribution in [1.82, 2.24) is 5.32 Å². The zero-order valence-corrected chi connectivity index (χ0v) is 12.0. The molecular formula is C16H25NO2. The van der Waals surface area contributed by atoms with Crippen LogP contribution in [0.5, 0.6) is 11.5 Å². The minimum atomic E-state index is 0.151. The summed E-state index contributed by atoms with van der Waals surface area (Å²) in [7, 11) is 1.67. The summed E-state index contributed by atoms with van der Waals surface area (Å²) in [6.07, 6.45) is 6.88. The second kappa shape index (κ2) is 7.39. The molecule has 19 heavy (non-hydrogen) atoms. The molecule has 1 aromatic rings. The number of methoxy groups -OCH3 is 1. The van der Waals surface area contributed by atoms with E-state index in [0.717, 1.165) is 18.0 Å². The van der Waals surface area contributed by atoms with Crippen molar-refractivity contribution < 1.29 is 9.47 Å². The van der Waals surface area contributed by atoms with Crippen molar-refractivity contribution in [1.29, 1.82) is 0 Å². The van der Waals surface area contributed by atoms with E-state index >= 15 is 0 Å². The first-order valence-corrected chi connectivity index (χ1v) is 7.32. The van der Waals surface area contributed by atoms with Crippen molar-refractivity contribution >= 4 is 0 Å². The molecule has 0 spiro atoms. The molecule has 1 atom stereocenters. The highest BCUT2D eigenvalue weighted by atomic mass is 16.5. The molecule has 0 heterocycles. The monoisotopic (exact) mass is 263 g/mol. The van der Waals surface area contributed by atoms with Gasteiger partial charge < -0.3 is 14.8 Å². The fraction of sp³-hybridized carbons (Fsp3) is 0.625. The Kier molecular flexibility index (Phi) is 5.52. The normalized spacial score (nSPS) is 18.0. The maximum atomic E-state index is 5.94. The average Bonchev–Trinajstić information content (AvgIpc) is 2.47. The number of nitrogens with one attached hydrogen (secondary N) is 1. The molecule has 1 N–H and O–H groups in total. The second-order valence-corrected chi connectivity index (χ2v) is 5.32. The molecule has 0 aliphatic heterocycles. The Balaban J connectivity index is 1.78. The third kappa shape index (κ3) is 4.43. The lowest BCUT2D eigenvalue weighted by Crippen LogP contribution is -2.37. The van der Waals surface area contributed by atoms with Crippen LogP contribution in [0.3, 0.4) is 0 Å². The van der Waals surface area contributed by atoms with Crippen LogP contribution in [0, 0.1) is 0 Å². The van der Waals surface area contributed by atoms with E-state index in [2.05, 4.69) is 12.2 Å². The highest BCUT2D eigenvalue weighted by molar-refractivity contribution is 5.39. The zero-order valence-electron chi connectivity index (χ0n) is 12.0. The van der Waals surface area contributed by atoms with Gasteiger partial charge in [0.25, 0.3) is 0 Å². The standard InChI is InChI=1S/C16H25NO2/c1-13(12-17-14-8-4-3-5-9-14)19-16-11-7-6-10-15(16)18-2/h6-7,10-11,13-14,17H,3-5,8-9,12H2,1-2H3. The fourth-order valence-electron chi connectivity index (χ4n) is 2.61. The first-order chi connectivity index (χ1) is 9.29. The molecule has 0 bridgehead atoms. The van der Waals surface area contributed by atoms with E-state index in [9.17, 15) is 0 Å². The van der Waals surface area contributed by atoms with E-state index in [1.54, 1.807) is 7.11 Å². The maximum absolute atomic E-state index is 5.94. The minimum Gasteiger partial charge on any atom is -0.493 e. The van der Waals surface area contributed by atoms with Crippen molar-refractivity contribution in [2.45, 2.75) is 51.2 Å². The predicted molar refractivity (Wildman–Crippen MR) is 78.0 cm³/mol. The van der Waals surface area contributed by atoms with Gasteiger partial charge in [-0.05, 0) is 31.9 Å². The molecule has 3 nitrogen and oxygen atoms in total. The molecule has 1 aliphatic rings. The van der Waals surface area contributed by atoms with Gasteiger partial charge in [-0.25, -0.2) is 0 Å². The molecule has 1 aliphatic carbocycles. The van der Waals surface area contributed by atoms with E-state index in [1.807, 2.05) is 24.3 Å². The van der Waals surface area contributed by atoms with Crippen LogP contribution in [0.2, 0.25) is 0 Å². The molecular weight excluding hydrogens is 238 g/mol. The molecule has 3 heteroatoms. The number of hydrogen-bond acceptors (Lipinski definition) is 3. The van der Waals surface area contributed by atoms with Gasteiger partial charge in [0, 0.05) is 12.6 Å². The van der Waals surface area contributed by atoms with Gasteiger partial charge in [0.15, 0.2) is 11.5 Å². The van der Waals surface area contributed by atoms with Crippen LogP contribution in [0.25, 0.3) is 0 Å². The molecule has 1 unspecified atom stereocenters. The van der Waals surface area contributed by atoms with E-state index in [-0.39, 0.29) is 6.10 Å². The Morgan fingerprint density at radius 2 is 1.84 bits per heavy atom. The summed E-state index contributed by atoms with van der Waals surface area (Å²) >= 11 is 0. The lowest BCUT2D eigenvalue weighted by Gasteiger charge is -2.25. The first-order valence-electron chi connectivity index (χ1n) is 7.32. The average molecular weight is 263 g/mol. The summed E-state index contributed by atoms with van der Waals surface area (Å²) < 4.78 is 11.2.